The lowest BCUT2D eigenvalue weighted by molar-refractivity contribution is 0.785. The lowest BCUT2D eigenvalue weighted by Crippen LogP contribution is -2.08. The first-order chi connectivity index (χ1) is 10.2. The maximum Gasteiger partial charge on any atom is 0.143 e. The maximum atomic E-state index is 4.29. The maximum absolute atomic E-state index is 4.29. The number of anilines is 1. The van der Waals surface area contributed by atoms with E-state index in [0.29, 0.717) is 0 Å². The van der Waals surface area contributed by atoms with Crippen LogP contribution in [0, 0.1) is 6.92 Å². The first-order valence-corrected chi connectivity index (χ1v) is 6.75. The van der Waals surface area contributed by atoms with Crippen molar-refractivity contribution in [1.82, 2.24) is 25.2 Å². The van der Waals surface area contributed by atoms with Gasteiger partial charge in [-0.15, -0.1) is 5.10 Å². The highest BCUT2D eigenvalue weighted by molar-refractivity contribution is 5.45. The molecule has 0 aliphatic rings. The predicted molar refractivity (Wildman–Crippen MR) is 80.2 cm³/mol. The Hall–Kier alpha value is -2.76. The van der Waals surface area contributed by atoms with Crippen LogP contribution >= 0.6 is 0 Å². The number of nitrogens with zero attached hydrogens (tertiary/aromatic N) is 5. The number of hydrogen-bond acceptors (Lipinski definition) is 5. The van der Waals surface area contributed by atoms with Gasteiger partial charge in [0.15, 0.2) is 0 Å². The smallest absolute Gasteiger partial charge is 0.143 e. The molecule has 0 saturated carbocycles. The van der Waals surface area contributed by atoms with E-state index in [0.717, 1.165) is 22.6 Å². The fraction of sp³-hybridized carbons (Fsp3) is 0.200. The van der Waals surface area contributed by atoms with Gasteiger partial charge in [-0.05, 0) is 54.1 Å². The molecular formula is C15H16N6. The van der Waals surface area contributed by atoms with Gasteiger partial charge < -0.3 is 5.32 Å². The molecule has 0 saturated heterocycles. The Kier molecular flexibility index (Phi) is 3.59. The molecule has 0 radical (unpaired) electrons. The van der Waals surface area contributed by atoms with Crippen molar-refractivity contribution in [2.24, 2.45) is 0 Å². The van der Waals surface area contributed by atoms with Crippen molar-refractivity contribution in [1.29, 1.82) is 0 Å². The van der Waals surface area contributed by atoms with Crippen LogP contribution in [-0.2, 0) is 0 Å². The molecule has 0 spiro atoms. The number of hydrogen-bond donors (Lipinski definition) is 1. The monoisotopic (exact) mass is 280 g/mol. The standard InChI is InChI=1S/C15H16N6/c1-11-6-7-14(9-16-11)18-12(2)13-4-3-5-15(8-13)21-10-17-19-20-21/h3-10,12,18H,1-2H3. The molecule has 1 atom stereocenters. The van der Waals surface area contributed by atoms with Gasteiger partial charge in [-0.2, -0.15) is 0 Å². The van der Waals surface area contributed by atoms with Crippen LogP contribution in [0.25, 0.3) is 5.69 Å². The van der Waals surface area contributed by atoms with Gasteiger partial charge in [0.1, 0.15) is 6.33 Å². The Bertz CT molecular complexity index is 705. The first kappa shape index (κ1) is 13.2. The summed E-state index contributed by atoms with van der Waals surface area (Å²) in [5.41, 5.74) is 4.10. The molecule has 2 aromatic heterocycles. The van der Waals surface area contributed by atoms with Gasteiger partial charge in [-0.3, -0.25) is 4.98 Å². The molecule has 0 bridgehead atoms. The highest BCUT2D eigenvalue weighted by Gasteiger charge is 2.07. The van der Waals surface area contributed by atoms with Gasteiger partial charge in [0.2, 0.25) is 0 Å². The third-order valence-electron chi connectivity index (χ3n) is 3.28. The van der Waals surface area contributed by atoms with Crippen LogP contribution in [0.15, 0.2) is 48.9 Å². The number of benzene rings is 1. The molecule has 0 amide bonds. The largest absolute Gasteiger partial charge is 0.377 e. The Labute approximate surface area is 122 Å². The summed E-state index contributed by atoms with van der Waals surface area (Å²) in [6, 6.07) is 12.3. The zero-order valence-electron chi connectivity index (χ0n) is 11.9. The van der Waals surface area contributed by atoms with E-state index in [4.69, 9.17) is 0 Å². The van der Waals surface area contributed by atoms with Gasteiger partial charge in [0, 0.05) is 11.7 Å². The molecule has 0 aliphatic heterocycles. The lowest BCUT2D eigenvalue weighted by Gasteiger charge is -2.16. The van der Waals surface area contributed by atoms with Crippen molar-refractivity contribution in [3.8, 4) is 5.69 Å². The second kappa shape index (κ2) is 5.70. The van der Waals surface area contributed by atoms with Gasteiger partial charge >= 0.3 is 0 Å². The zero-order valence-corrected chi connectivity index (χ0v) is 11.9. The average Bonchev–Trinajstić information content (AvgIpc) is 3.04. The number of nitrogens with one attached hydrogen (secondary N) is 1. The Balaban J connectivity index is 1.80. The molecule has 3 aromatic rings. The number of tetrazole rings is 1. The summed E-state index contributed by atoms with van der Waals surface area (Å²) in [4.78, 5) is 4.29. The molecule has 0 fully saturated rings. The second-order valence-corrected chi connectivity index (χ2v) is 4.90. The van der Waals surface area contributed by atoms with Gasteiger partial charge in [0.05, 0.1) is 17.6 Å². The van der Waals surface area contributed by atoms with Crippen LogP contribution < -0.4 is 5.32 Å². The van der Waals surface area contributed by atoms with E-state index in [2.05, 4.69) is 44.9 Å². The third kappa shape index (κ3) is 3.05. The van der Waals surface area contributed by atoms with E-state index in [-0.39, 0.29) is 6.04 Å². The Morgan fingerprint density at radius 3 is 2.81 bits per heavy atom. The van der Waals surface area contributed by atoms with Crippen LogP contribution in [0.5, 0.6) is 0 Å². The molecule has 1 unspecified atom stereocenters. The zero-order chi connectivity index (χ0) is 14.7. The molecule has 2 heterocycles. The fourth-order valence-electron chi connectivity index (χ4n) is 2.10. The molecular weight excluding hydrogens is 264 g/mol. The van der Waals surface area contributed by atoms with Crippen LogP contribution in [-0.4, -0.2) is 25.2 Å². The number of pyridine rings is 1. The summed E-state index contributed by atoms with van der Waals surface area (Å²) in [6.45, 7) is 4.08. The minimum atomic E-state index is 0.158. The molecule has 0 aliphatic carbocycles. The van der Waals surface area contributed by atoms with E-state index >= 15 is 0 Å². The van der Waals surface area contributed by atoms with Gasteiger partial charge in [0.25, 0.3) is 0 Å². The van der Waals surface area contributed by atoms with Crippen molar-refractivity contribution >= 4 is 5.69 Å². The van der Waals surface area contributed by atoms with E-state index in [1.54, 1.807) is 11.0 Å². The van der Waals surface area contributed by atoms with Gasteiger partial charge in [-0.25, -0.2) is 4.68 Å². The van der Waals surface area contributed by atoms with Crippen LogP contribution in [0.4, 0.5) is 5.69 Å². The number of aromatic nitrogens is 5. The molecule has 6 nitrogen and oxygen atoms in total. The Morgan fingerprint density at radius 1 is 1.19 bits per heavy atom. The summed E-state index contributed by atoms with van der Waals surface area (Å²) in [5.74, 6) is 0. The van der Waals surface area contributed by atoms with Crippen molar-refractivity contribution in [3.63, 3.8) is 0 Å². The molecule has 21 heavy (non-hydrogen) atoms. The van der Waals surface area contributed by atoms with Crippen LogP contribution in [0.3, 0.4) is 0 Å². The fourth-order valence-corrected chi connectivity index (χ4v) is 2.10. The summed E-state index contributed by atoms with van der Waals surface area (Å²) in [7, 11) is 0. The predicted octanol–water partition coefficient (Wildman–Crippen LogP) is 2.54. The average molecular weight is 280 g/mol. The molecule has 6 heteroatoms. The highest BCUT2D eigenvalue weighted by Crippen LogP contribution is 2.20. The topological polar surface area (TPSA) is 68.5 Å². The number of rotatable bonds is 4. The quantitative estimate of drug-likeness (QED) is 0.795. The van der Waals surface area contributed by atoms with Crippen LogP contribution in [0.2, 0.25) is 0 Å². The van der Waals surface area contributed by atoms with Crippen molar-refractivity contribution in [2.75, 3.05) is 5.32 Å². The summed E-state index contributed by atoms with van der Waals surface area (Å²) in [6.07, 6.45) is 3.43. The van der Waals surface area contributed by atoms with E-state index < -0.39 is 0 Å². The van der Waals surface area contributed by atoms with E-state index in [9.17, 15) is 0 Å². The third-order valence-corrected chi connectivity index (χ3v) is 3.28. The molecule has 1 aromatic carbocycles. The Morgan fingerprint density at radius 2 is 2.10 bits per heavy atom. The highest BCUT2D eigenvalue weighted by atomic mass is 15.5. The van der Waals surface area contributed by atoms with Gasteiger partial charge in [-0.1, -0.05) is 12.1 Å². The summed E-state index contributed by atoms with van der Waals surface area (Å²) >= 11 is 0. The normalized spacial score (nSPS) is 12.1. The second-order valence-electron chi connectivity index (χ2n) is 4.90. The van der Waals surface area contributed by atoms with E-state index in [1.807, 2.05) is 37.4 Å². The first-order valence-electron chi connectivity index (χ1n) is 6.75. The minimum Gasteiger partial charge on any atom is -0.377 e. The SMILES string of the molecule is Cc1ccc(NC(C)c2cccc(-n3cnnn3)c2)cn1. The van der Waals surface area contributed by atoms with Crippen molar-refractivity contribution in [2.45, 2.75) is 19.9 Å². The van der Waals surface area contributed by atoms with Crippen LogP contribution in [0.1, 0.15) is 24.2 Å². The molecule has 3 rings (SSSR count). The molecule has 1 N–H and O–H groups in total. The molecule has 106 valence electrons. The lowest BCUT2D eigenvalue weighted by atomic mass is 10.1. The minimum absolute atomic E-state index is 0.158. The van der Waals surface area contributed by atoms with E-state index in [1.165, 1.54) is 0 Å². The number of aryl methyl sites for hydroxylation is 1. The summed E-state index contributed by atoms with van der Waals surface area (Å²) in [5, 5.41) is 14.7. The van der Waals surface area contributed by atoms with Crippen molar-refractivity contribution < 1.29 is 0 Å². The van der Waals surface area contributed by atoms with Crippen molar-refractivity contribution in [3.05, 3.63) is 60.2 Å². The summed E-state index contributed by atoms with van der Waals surface area (Å²) < 4.78 is 1.64.